The zero-order valence-corrected chi connectivity index (χ0v) is 15.9. The van der Waals surface area contributed by atoms with Gasteiger partial charge in [-0.05, 0) is 40.0 Å². The minimum absolute atomic E-state index is 0.0874. The second-order valence-electron chi connectivity index (χ2n) is 7.75. The molecular weight excluding hydrogens is 348 g/mol. The molecular formula is C18H26N6O3. The fourth-order valence-corrected chi connectivity index (χ4v) is 3.18. The second-order valence-corrected chi connectivity index (χ2v) is 7.75. The molecule has 1 fully saturated rings. The van der Waals surface area contributed by atoms with Gasteiger partial charge in [-0.2, -0.15) is 0 Å². The number of ether oxygens (including phenoxy) is 1. The molecule has 27 heavy (non-hydrogen) atoms. The predicted octanol–water partition coefficient (Wildman–Crippen LogP) is 2.26. The smallest absolute Gasteiger partial charge is 0.410 e. The van der Waals surface area contributed by atoms with Crippen LogP contribution in [0.5, 0.6) is 0 Å². The topological polar surface area (TPSA) is 126 Å². The summed E-state index contributed by atoms with van der Waals surface area (Å²) in [7, 11) is 0. The Balaban J connectivity index is 1.73. The highest BCUT2D eigenvalue weighted by molar-refractivity contribution is 6.04. The van der Waals surface area contributed by atoms with Gasteiger partial charge in [-0.15, -0.1) is 0 Å². The van der Waals surface area contributed by atoms with Crippen molar-refractivity contribution < 1.29 is 14.3 Å². The maximum absolute atomic E-state index is 12.3. The number of aromatic amines is 1. The van der Waals surface area contributed by atoms with Crippen molar-refractivity contribution in [1.82, 2.24) is 19.9 Å². The largest absolute Gasteiger partial charge is 0.444 e. The third-order valence-electron chi connectivity index (χ3n) is 4.45. The third kappa shape index (κ3) is 4.47. The van der Waals surface area contributed by atoms with Gasteiger partial charge >= 0.3 is 6.09 Å². The van der Waals surface area contributed by atoms with E-state index in [1.54, 1.807) is 4.90 Å². The van der Waals surface area contributed by atoms with Crippen molar-refractivity contribution in [3.05, 3.63) is 18.1 Å². The van der Waals surface area contributed by atoms with Crippen LogP contribution >= 0.6 is 0 Å². The molecule has 2 aromatic heterocycles. The normalized spacial score (nSPS) is 18.2. The van der Waals surface area contributed by atoms with Gasteiger partial charge in [-0.3, -0.25) is 4.79 Å². The molecule has 1 unspecified atom stereocenters. The minimum atomic E-state index is -0.550. The van der Waals surface area contributed by atoms with Gasteiger partial charge in [0.15, 0.2) is 5.65 Å². The quantitative estimate of drug-likeness (QED) is 0.756. The number of carbonyl (C=O) groups excluding carboxylic acids is 2. The van der Waals surface area contributed by atoms with Crippen LogP contribution in [-0.2, 0) is 4.74 Å². The first-order valence-corrected chi connectivity index (χ1v) is 9.11. The van der Waals surface area contributed by atoms with E-state index in [4.69, 9.17) is 10.5 Å². The summed E-state index contributed by atoms with van der Waals surface area (Å²) >= 11 is 0. The maximum atomic E-state index is 12.3. The van der Waals surface area contributed by atoms with Gasteiger partial charge in [-0.25, -0.2) is 14.8 Å². The lowest BCUT2D eigenvalue weighted by molar-refractivity contribution is 0.0256. The number of amides is 2. The molecule has 1 aliphatic heterocycles. The summed E-state index contributed by atoms with van der Waals surface area (Å²) < 4.78 is 5.47. The number of primary amides is 1. The summed E-state index contributed by atoms with van der Waals surface area (Å²) in [5.41, 5.74) is 7.10. The summed E-state index contributed by atoms with van der Waals surface area (Å²) in [5.74, 6) is -0.550. The van der Waals surface area contributed by atoms with Crippen LogP contribution in [0.3, 0.4) is 0 Å². The molecule has 2 amide bonds. The number of hydrogen-bond acceptors (Lipinski definition) is 6. The van der Waals surface area contributed by atoms with Crippen molar-refractivity contribution in [2.45, 2.75) is 51.7 Å². The number of fused-ring (bicyclic) bond motifs is 1. The van der Waals surface area contributed by atoms with E-state index in [2.05, 4.69) is 20.3 Å². The molecule has 0 radical (unpaired) electrons. The summed E-state index contributed by atoms with van der Waals surface area (Å²) in [6.45, 7) is 6.80. The fourth-order valence-electron chi connectivity index (χ4n) is 3.18. The maximum Gasteiger partial charge on any atom is 0.410 e. The molecule has 0 aromatic carbocycles. The number of likely N-dealkylation sites (tertiary alicyclic amines) is 1. The van der Waals surface area contributed by atoms with Crippen LogP contribution in [0.15, 0.2) is 12.5 Å². The monoisotopic (exact) mass is 374 g/mol. The van der Waals surface area contributed by atoms with Crippen molar-refractivity contribution in [2.75, 3.05) is 18.4 Å². The number of carbonyl (C=O) groups is 2. The molecule has 1 saturated heterocycles. The van der Waals surface area contributed by atoms with Crippen molar-refractivity contribution in [2.24, 2.45) is 5.73 Å². The first-order chi connectivity index (χ1) is 12.7. The third-order valence-corrected chi connectivity index (χ3v) is 4.45. The number of aromatic nitrogens is 3. The van der Waals surface area contributed by atoms with E-state index in [0.29, 0.717) is 35.5 Å². The van der Waals surface area contributed by atoms with Crippen LogP contribution < -0.4 is 11.1 Å². The number of H-pyrrole nitrogens is 1. The Hall–Kier alpha value is -2.84. The standard InChI is InChI=1S/C18H26N6O3/c1-18(2,3)27-17(26)24-7-4-5-11(6-8-24)23-13-12(15(19)25)9-20-16-14(13)21-10-22-16/h9-11H,4-8H2,1-3H3,(H2,19,25)(H2,20,21,22,23). The van der Waals surface area contributed by atoms with Gasteiger partial charge in [0, 0.05) is 25.3 Å². The van der Waals surface area contributed by atoms with E-state index < -0.39 is 11.5 Å². The lowest BCUT2D eigenvalue weighted by Gasteiger charge is -2.26. The molecule has 146 valence electrons. The molecule has 1 atom stereocenters. The van der Waals surface area contributed by atoms with Crippen molar-refractivity contribution in [1.29, 1.82) is 0 Å². The SMILES string of the molecule is CC(C)(C)OC(=O)N1CCCC(Nc2c(C(N)=O)cnc3nc[nH]c23)CC1. The highest BCUT2D eigenvalue weighted by Gasteiger charge is 2.26. The number of rotatable bonds is 3. The molecule has 0 bridgehead atoms. The number of nitrogens with two attached hydrogens (primary N) is 1. The van der Waals surface area contributed by atoms with Gasteiger partial charge < -0.3 is 25.7 Å². The molecule has 3 rings (SSSR count). The number of imidazole rings is 1. The van der Waals surface area contributed by atoms with Crippen LogP contribution in [0, 0.1) is 0 Å². The van der Waals surface area contributed by atoms with Crippen LogP contribution in [0.25, 0.3) is 11.2 Å². The summed E-state index contributed by atoms with van der Waals surface area (Å²) in [4.78, 5) is 37.2. The molecule has 9 nitrogen and oxygen atoms in total. The second kappa shape index (κ2) is 7.42. The first-order valence-electron chi connectivity index (χ1n) is 9.11. The van der Waals surface area contributed by atoms with Crippen LogP contribution in [0.2, 0.25) is 0 Å². The van der Waals surface area contributed by atoms with Crippen molar-refractivity contribution in [3.63, 3.8) is 0 Å². The predicted molar refractivity (Wildman–Crippen MR) is 101 cm³/mol. The Morgan fingerprint density at radius 1 is 1.30 bits per heavy atom. The molecule has 0 aliphatic carbocycles. The Labute approximate surface area is 157 Å². The van der Waals surface area contributed by atoms with Gasteiger partial charge in [0.2, 0.25) is 0 Å². The van der Waals surface area contributed by atoms with E-state index in [0.717, 1.165) is 19.3 Å². The van der Waals surface area contributed by atoms with Gasteiger partial charge in [0.1, 0.15) is 11.1 Å². The Kier molecular flexibility index (Phi) is 5.20. The molecule has 9 heteroatoms. The summed E-state index contributed by atoms with van der Waals surface area (Å²) in [6, 6.07) is 0.0874. The van der Waals surface area contributed by atoms with E-state index in [9.17, 15) is 9.59 Å². The van der Waals surface area contributed by atoms with Crippen LogP contribution in [-0.4, -0.2) is 56.6 Å². The number of hydrogen-bond donors (Lipinski definition) is 3. The van der Waals surface area contributed by atoms with Gasteiger partial charge in [-0.1, -0.05) is 0 Å². The number of nitrogens with one attached hydrogen (secondary N) is 2. The average Bonchev–Trinajstić information content (AvgIpc) is 2.92. The average molecular weight is 374 g/mol. The van der Waals surface area contributed by atoms with Gasteiger partial charge in [0.05, 0.1) is 17.6 Å². The van der Waals surface area contributed by atoms with E-state index >= 15 is 0 Å². The lowest BCUT2D eigenvalue weighted by atomic mass is 10.1. The fraction of sp³-hybridized carbons (Fsp3) is 0.556. The zero-order valence-electron chi connectivity index (χ0n) is 15.9. The Morgan fingerprint density at radius 2 is 2.07 bits per heavy atom. The van der Waals surface area contributed by atoms with Crippen molar-refractivity contribution in [3.8, 4) is 0 Å². The minimum Gasteiger partial charge on any atom is -0.444 e. The van der Waals surface area contributed by atoms with E-state index in [1.165, 1.54) is 12.5 Å². The molecule has 1 aliphatic rings. The lowest BCUT2D eigenvalue weighted by Crippen LogP contribution is -2.37. The molecule has 3 heterocycles. The summed E-state index contributed by atoms with van der Waals surface area (Å²) in [5, 5.41) is 3.42. The molecule has 0 saturated carbocycles. The van der Waals surface area contributed by atoms with E-state index in [1.807, 2.05) is 20.8 Å². The Bertz CT molecular complexity index is 841. The first kappa shape index (κ1) is 18.9. The van der Waals surface area contributed by atoms with E-state index in [-0.39, 0.29) is 12.1 Å². The number of pyridine rings is 1. The number of anilines is 1. The van der Waals surface area contributed by atoms with Gasteiger partial charge in [0.25, 0.3) is 5.91 Å². The summed E-state index contributed by atoms with van der Waals surface area (Å²) in [6.07, 6.45) is 5.11. The number of nitrogens with zero attached hydrogens (tertiary/aromatic N) is 3. The highest BCUT2D eigenvalue weighted by atomic mass is 16.6. The Morgan fingerprint density at radius 3 is 2.78 bits per heavy atom. The highest BCUT2D eigenvalue weighted by Crippen LogP contribution is 2.26. The van der Waals surface area contributed by atoms with Crippen LogP contribution in [0.1, 0.15) is 50.4 Å². The zero-order chi connectivity index (χ0) is 19.6. The molecule has 0 spiro atoms. The molecule has 2 aromatic rings. The molecule has 4 N–H and O–H groups in total. The van der Waals surface area contributed by atoms with Crippen molar-refractivity contribution >= 4 is 28.9 Å². The van der Waals surface area contributed by atoms with Crippen LogP contribution in [0.4, 0.5) is 10.5 Å².